The molecule has 3 unspecified atom stereocenters. The minimum absolute atomic E-state index is 0.204. The second-order valence-corrected chi connectivity index (χ2v) is 8.24. The Bertz CT molecular complexity index is 727. The van der Waals surface area contributed by atoms with Gasteiger partial charge in [-0.1, -0.05) is 56.2 Å². The van der Waals surface area contributed by atoms with Crippen LogP contribution in [0.1, 0.15) is 70.4 Å². The van der Waals surface area contributed by atoms with Gasteiger partial charge in [0, 0.05) is 6.08 Å². The number of hydrogen-bond acceptors (Lipinski definition) is 1. The van der Waals surface area contributed by atoms with Crippen LogP contribution in [0.15, 0.2) is 42.0 Å². The highest BCUT2D eigenvalue weighted by Gasteiger charge is 2.57. The number of fused-ring (bicyclic) bond motifs is 1. The van der Waals surface area contributed by atoms with Crippen molar-refractivity contribution >= 4 is 11.5 Å². The highest BCUT2D eigenvalue weighted by molar-refractivity contribution is 5.80. The fourth-order valence-corrected chi connectivity index (χ4v) is 5.30. The van der Waals surface area contributed by atoms with E-state index in [4.69, 9.17) is 5.11 Å². The van der Waals surface area contributed by atoms with Crippen LogP contribution in [0, 0.1) is 17.3 Å². The molecule has 0 aliphatic heterocycles. The number of rotatable bonds is 8. The SMILES string of the molecule is CCC/C(=C(/C)CC1CC2(/C=C/C(=O)O)CCC12)c1ccccc1CC. The summed E-state index contributed by atoms with van der Waals surface area (Å²) in [4.78, 5) is 10.9. The van der Waals surface area contributed by atoms with Crippen LogP contribution in [0.25, 0.3) is 5.57 Å². The van der Waals surface area contributed by atoms with Crippen LogP contribution in [0.4, 0.5) is 0 Å². The van der Waals surface area contributed by atoms with Gasteiger partial charge in [-0.2, -0.15) is 0 Å². The van der Waals surface area contributed by atoms with Crippen molar-refractivity contribution in [2.75, 3.05) is 0 Å². The molecule has 0 bridgehead atoms. The van der Waals surface area contributed by atoms with Crippen LogP contribution in [0.2, 0.25) is 0 Å². The minimum atomic E-state index is -0.814. The van der Waals surface area contributed by atoms with Crippen molar-refractivity contribution in [1.29, 1.82) is 0 Å². The van der Waals surface area contributed by atoms with Crippen molar-refractivity contribution in [2.45, 2.75) is 65.7 Å². The molecular weight excluding hydrogens is 320 g/mol. The predicted molar refractivity (Wildman–Crippen MR) is 108 cm³/mol. The lowest BCUT2D eigenvalue weighted by Gasteiger charge is -2.62. The van der Waals surface area contributed by atoms with E-state index in [1.807, 2.05) is 6.08 Å². The van der Waals surface area contributed by atoms with Gasteiger partial charge in [-0.3, -0.25) is 0 Å². The fourth-order valence-electron chi connectivity index (χ4n) is 5.30. The summed E-state index contributed by atoms with van der Waals surface area (Å²) >= 11 is 0. The summed E-state index contributed by atoms with van der Waals surface area (Å²) in [6.45, 7) is 6.82. The average Bonchev–Trinajstić information content (AvgIpc) is 2.61. The summed E-state index contributed by atoms with van der Waals surface area (Å²) in [5.74, 6) is 0.603. The van der Waals surface area contributed by atoms with Crippen molar-refractivity contribution in [1.82, 2.24) is 0 Å². The first kappa shape index (κ1) is 18.9. The van der Waals surface area contributed by atoms with Crippen LogP contribution in [0.5, 0.6) is 0 Å². The van der Waals surface area contributed by atoms with Crippen molar-refractivity contribution in [3.63, 3.8) is 0 Å². The summed E-state index contributed by atoms with van der Waals surface area (Å²) in [6, 6.07) is 8.85. The van der Waals surface area contributed by atoms with Gasteiger partial charge in [0.05, 0.1) is 0 Å². The summed E-state index contributed by atoms with van der Waals surface area (Å²) in [5.41, 5.74) is 6.18. The van der Waals surface area contributed by atoms with Crippen molar-refractivity contribution in [3.8, 4) is 0 Å². The zero-order chi connectivity index (χ0) is 18.7. The van der Waals surface area contributed by atoms with Gasteiger partial charge in [0.25, 0.3) is 0 Å². The molecule has 1 aromatic rings. The second-order valence-electron chi connectivity index (χ2n) is 8.24. The van der Waals surface area contributed by atoms with E-state index in [1.165, 1.54) is 42.9 Å². The molecule has 0 heterocycles. The van der Waals surface area contributed by atoms with Gasteiger partial charge in [0.15, 0.2) is 0 Å². The van der Waals surface area contributed by atoms with Crippen LogP contribution in [-0.2, 0) is 11.2 Å². The normalized spacial score (nSPS) is 28.1. The number of allylic oxidation sites excluding steroid dienone is 3. The highest BCUT2D eigenvalue weighted by Crippen LogP contribution is 2.66. The van der Waals surface area contributed by atoms with Gasteiger partial charge < -0.3 is 5.11 Å². The Morgan fingerprint density at radius 1 is 1.31 bits per heavy atom. The standard InChI is InChI=1S/C24H32O2/c1-4-8-20(21-10-7-6-9-18(21)5-2)17(3)15-19-16-24(13-11-22(19)24)14-12-23(25)26/h6-7,9-10,12,14,19,22H,4-5,8,11,13,15-16H2,1-3H3,(H,25,26)/b14-12+,20-17+. The first-order valence-electron chi connectivity index (χ1n) is 10.2. The zero-order valence-corrected chi connectivity index (χ0v) is 16.4. The quantitative estimate of drug-likeness (QED) is 0.560. The molecule has 2 aliphatic rings. The largest absolute Gasteiger partial charge is 0.478 e. The van der Waals surface area contributed by atoms with E-state index in [0.29, 0.717) is 5.92 Å². The molecule has 140 valence electrons. The average molecular weight is 353 g/mol. The lowest BCUT2D eigenvalue weighted by atomic mass is 9.42. The molecule has 0 radical (unpaired) electrons. The Kier molecular flexibility index (Phi) is 5.70. The van der Waals surface area contributed by atoms with E-state index < -0.39 is 5.97 Å². The molecule has 2 saturated carbocycles. The first-order chi connectivity index (χ1) is 12.5. The first-order valence-corrected chi connectivity index (χ1v) is 10.2. The summed E-state index contributed by atoms with van der Waals surface area (Å²) in [5, 5.41) is 8.93. The summed E-state index contributed by atoms with van der Waals surface area (Å²) in [6.07, 6.45) is 11.5. The zero-order valence-electron chi connectivity index (χ0n) is 16.4. The molecule has 1 N–H and O–H groups in total. The maximum Gasteiger partial charge on any atom is 0.327 e. The summed E-state index contributed by atoms with van der Waals surface area (Å²) < 4.78 is 0. The van der Waals surface area contributed by atoms with E-state index in [9.17, 15) is 4.79 Å². The number of hydrogen-bond donors (Lipinski definition) is 1. The molecule has 1 aromatic carbocycles. The number of carboxylic acid groups (broad SMARTS) is 1. The number of benzene rings is 1. The van der Waals surface area contributed by atoms with E-state index in [2.05, 4.69) is 45.0 Å². The van der Waals surface area contributed by atoms with Gasteiger partial charge in [-0.15, -0.1) is 0 Å². The lowest BCUT2D eigenvalue weighted by molar-refractivity contribution is -0.132. The third-order valence-electron chi connectivity index (χ3n) is 6.74. The van der Waals surface area contributed by atoms with E-state index in [0.717, 1.165) is 25.2 Å². The van der Waals surface area contributed by atoms with Gasteiger partial charge >= 0.3 is 5.97 Å². The monoisotopic (exact) mass is 352 g/mol. The molecule has 2 heteroatoms. The molecule has 0 amide bonds. The maximum absolute atomic E-state index is 10.9. The Morgan fingerprint density at radius 3 is 2.65 bits per heavy atom. The van der Waals surface area contributed by atoms with Crippen molar-refractivity contribution in [2.24, 2.45) is 17.3 Å². The predicted octanol–water partition coefficient (Wildman–Crippen LogP) is 6.27. The second kappa shape index (κ2) is 7.82. The fraction of sp³-hybridized carbons (Fsp3) is 0.542. The topological polar surface area (TPSA) is 37.3 Å². The smallest absolute Gasteiger partial charge is 0.327 e. The molecule has 3 atom stereocenters. The van der Waals surface area contributed by atoms with Crippen LogP contribution in [-0.4, -0.2) is 11.1 Å². The number of carboxylic acids is 1. The minimum Gasteiger partial charge on any atom is -0.478 e. The summed E-state index contributed by atoms with van der Waals surface area (Å²) in [7, 11) is 0. The van der Waals surface area contributed by atoms with Crippen molar-refractivity contribution < 1.29 is 9.90 Å². The molecule has 0 spiro atoms. The molecule has 26 heavy (non-hydrogen) atoms. The lowest BCUT2D eigenvalue weighted by Crippen LogP contribution is -2.54. The Labute approximate surface area is 158 Å². The van der Waals surface area contributed by atoms with Gasteiger partial charge in [-0.25, -0.2) is 4.79 Å². The van der Waals surface area contributed by atoms with Crippen molar-refractivity contribution in [3.05, 3.63) is 53.1 Å². The van der Waals surface area contributed by atoms with Gasteiger partial charge in [-0.05, 0) is 79.4 Å². The molecule has 2 fully saturated rings. The third kappa shape index (κ3) is 3.51. The molecule has 2 nitrogen and oxygen atoms in total. The Balaban J connectivity index is 1.77. The highest BCUT2D eigenvalue weighted by atomic mass is 16.4. The maximum atomic E-state index is 10.9. The molecular formula is C24H32O2. The van der Waals surface area contributed by atoms with Gasteiger partial charge in [0.1, 0.15) is 0 Å². The molecule has 0 aromatic heterocycles. The Hall–Kier alpha value is -1.83. The molecule has 0 saturated heterocycles. The van der Waals surface area contributed by atoms with E-state index >= 15 is 0 Å². The molecule has 2 aliphatic carbocycles. The van der Waals surface area contributed by atoms with Crippen LogP contribution < -0.4 is 0 Å². The number of carbonyl (C=O) groups is 1. The Morgan fingerprint density at radius 2 is 2.08 bits per heavy atom. The van der Waals surface area contributed by atoms with Gasteiger partial charge in [0.2, 0.25) is 0 Å². The van der Waals surface area contributed by atoms with Crippen LogP contribution >= 0.6 is 0 Å². The number of aliphatic carboxylic acids is 1. The molecule has 3 rings (SSSR count). The number of aryl methyl sites for hydroxylation is 1. The van der Waals surface area contributed by atoms with E-state index in [-0.39, 0.29) is 5.41 Å². The third-order valence-corrected chi connectivity index (χ3v) is 6.74. The van der Waals surface area contributed by atoms with E-state index in [1.54, 1.807) is 11.1 Å². The van der Waals surface area contributed by atoms with Crippen LogP contribution in [0.3, 0.4) is 0 Å².